The molecule has 58 valence electrons. The molecule has 0 unspecified atom stereocenters. The van der Waals surface area contributed by atoms with Gasteiger partial charge in [-0.05, 0) is 23.2 Å². The lowest BCUT2D eigenvalue weighted by atomic mass is 10.8. The van der Waals surface area contributed by atoms with Crippen LogP contribution < -0.4 is 0 Å². The lowest BCUT2D eigenvalue weighted by molar-refractivity contribution is -0.280. The normalized spacial score (nSPS) is 9.40. The van der Waals surface area contributed by atoms with E-state index < -0.39 is 23.7 Å². The summed E-state index contributed by atoms with van der Waals surface area (Å²) in [5.74, 6) is 0. The predicted octanol–water partition coefficient (Wildman–Crippen LogP) is 0.465. The van der Waals surface area contributed by atoms with Crippen LogP contribution in [0.1, 0.15) is 0 Å². The number of carbonyl (C=O) groups is 2. The molecule has 0 fully saturated rings. The molecular weight excluding hydrogens is 183 g/mol. The van der Waals surface area contributed by atoms with Gasteiger partial charge in [0.05, 0.1) is 0 Å². The van der Waals surface area contributed by atoms with Crippen molar-refractivity contribution in [2.45, 2.75) is 0 Å². The highest BCUT2D eigenvalue weighted by Gasteiger charge is 1.98. The molecule has 0 aromatic heterocycles. The molecule has 6 heteroatoms. The third kappa shape index (κ3) is 7.84. The SMILES string of the molecule is O=C(Cl)COOCC(=O)Cl. The van der Waals surface area contributed by atoms with E-state index in [-0.39, 0.29) is 0 Å². The van der Waals surface area contributed by atoms with Crippen molar-refractivity contribution in [2.75, 3.05) is 13.2 Å². The molecule has 0 aliphatic rings. The molecule has 0 heterocycles. The Kier molecular flexibility index (Phi) is 5.52. The standard InChI is InChI=1S/C4H4Cl2O4/c5-3(7)1-9-10-2-4(6)8/h1-2H2. The molecule has 0 aromatic rings. The second-order valence-corrected chi connectivity index (χ2v) is 2.08. The van der Waals surface area contributed by atoms with Gasteiger partial charge in [-0.2, -0.15) is 0 Å². The molecule has 0 aliphatic heterocycles. The van der Waals surface area contributed by atoms with Crippen molar-refractivity contribution in [1.82, 2.24) is 0 Å². The van der Waals surface area contributed by atoms with Gasteiger partial charge in [0.2, 0.25) is 0 Å². The van der Waals surface area contributed by atoms with Crippen LogP contribution in [0.2, 0.25) is 0 Å². The Balaban J connectivity index is 3.06. The monoisotopic (exact) mass is 186 g/mol. The van der Waals surface area contributed by atoms with E-state index in [2.05, 4.69) is 9.78 Å². The van der Waals surface area contributed by atoms with Crippen molar-refractivity contribution in [3.63, 3.8) is 0 Å². The Morgan fingerprint density at radius 1 is 1.00 bits per heavy atom. The maximum Gasteiger partial charge on any atom is 0.250 e. The number of rotatable bonds is 5. The molecule has 0 N–H and O–H groups in total. The molecule has 4 nitrogen and oxygen atoms in total. The number of halogens is 2. The van der Waals surface area contributed by atoms with Gasteiger partial charge < -0.3 is 0 Å². The van der Waals surface area contributed by atoms with Gasteiger partial charge in [0.1, 0.15) is 0 Å². The van der Waals surface area contributed by atoms with Crippen LogP contribution >= 0.6 is 23.2 Å². The summed E-state index contributed by atoms with van der Waals surface area (Å²) in [6.45, 7) is -0.794. The Bertz CT molecular complexity index is 119. The molecule has 0 atom stereocenters. The molecule has 0 spiro atoms. The van der Waals surface area contributed by atoms with Crippen LogP contribution in [0, 0.1) is 0 Å². The quantitative estimate of drug-likeness (QED) is 0.271. The lowest BCUT2D eigenvalue weighted by Crippen LogP contribution is -2.06. The minimum absolute atomic E-state index is 0.397. The van der Waals surface area contributed by atoms with E-state index in [4.69, 9.17) is 23.2 Å². The van der Waals surface area contributed by atoms with Crippen molar-refractivity contribution in [2.24, 2.45) is 0 Å². The number of carbonyl (C=O) groups excluding carboxylic acids is 2. The zero-order chi connectivity index (χ0) is 7.98. The first kappa shape index (κ1) is 9.84. The van der Waals surface area contributed by atoms with E-state index in [1.165, 1.54) is 0 Å². The third-order valence-corrected chi connectivity index (χ3v) is 0.646. The molecular formula is C4H4Cl2O4. The van der Waals surface area contributed by atoms with E-state index in [1.54, 1.807) is 0 Å². The first-order valence-electron chi connectivity index (χ1n) is 2.24. The number of hydrogen-bond acceptors (Lipinski definition) is 4. The van der Waals surface area contributed by atoms with Crippen molar-refractivity contribution < 1.29 is 19.4 Å². The smallest absolute Gasteiger partial charge is 0.250 e. The Hall–Kier alpha value is -0.160. The van der Waals surface area contributed by atoms with E-state index in [9.17, 15) is 9.59 Å². The highest BCUT2D eigenvalue weighted by molar-refractivity contribution is 6.64. The summed E-state index contributed by atoms with van der Waals surface area (Å²) >= 11 is 9.66. The van der Waals surface area contributed by atoms with Crippen molar-refractivity contribution in [3.8, 4) is 0 Å². The number of hydrogen-bond donors (Lipinski definition) is 0. The highest BCUT2D eigenvalue weighted by Crippen LogP contribution is 1.86. The van der Waals surface area contributed by atoms with E-state index in [0.29, 0.717) is 0 Å². The van der Waals surface area contributed by atoms with Crippen molar-refractivity contribution in [1.29, 1.82) is 0 Å². The second kappa shape index (κ2) is 5.61. The lowest BCUT2D eigenvalue weighted by Gasteiger charge is -1.95. The van der Waals surface area contributed by atoms with Gasteiger partial charge in [-0.15, -0.1) is 0 Å². The molecule has 0 bridgehead atoms. The van der Waals surface area contributed by atoms with Gasteiger partial charge in [-0.1, -0.05) is 0 Å². The van der Waals surface area contributed by atoms with Gasteiger partial charge in [0.15, 0.2) is 13.2 Å². The second-order valence-electron chi connectivity index (χ2n) is 1.23. The average molecular weight is 187 g/mol. The predicted molar refractivity (Wildman–Crippen MR) is 33.6 cm³/mol. The van der Waals surface area contributed by atoms with E-state index >= 15 is 0 Å². The van der Waals surface area contributed by atoms with Crippen LogP contribution in [0.15, 0.2) is 0 Å². The van der Waals surface area contributed by atoms with Gasteiger partial charge in [0.25, 0.3) is 10.5 Å². The van der Waals surface area contributed by atoms with Crippen molar-refractivity contribution >= 4 is 33.7 Å². The van der Waals surface area contributed by atoms with Crippen LogP contribution in [-0.2, 0) is 19.4 Å². The summed E-state index contributed by atoms with van der Waals surface area (Å²) in [6, 6.07) is 0. The van der Waals surface area contributed by atoms with E-state index in [1.807, 2.05) is 0 Å². The molecule has 0 radical (unpaired) electrons. The van der Waals surface area contributed by atoms with Crippen molar-refractivity contribution in [3.05, 3.63) is 0 Å². The zero-order valence-electron chi connectivity index (χ0n) is 4.80. The van der Waals surface area contributed by atoms with Gasteiger partial charge in [-0.25, -0.2) is 9.78 Å². The van der Waals surface area contributed by atoms with Crippen LogP contribution in [0.5, 0.6) is 0 Å². The summed E-state index contributed by atoms with van der Waals surface area (Å²) in [6.07, 6.45) is 0. The van der Waals surface area contributed by atoms with Crippen LogP contribution in [-0.4, -0.2) is 23.7 Å². The first-order valence-corrected chi connectivity index (χ1v) is 2.99. The maximum absolute atomic E-state index is 9.93. The molecule has 0 saturated heterocycles. The molecule has 0 aromatic carbocycles. The van der Waals surface area contributed by atoms with Gasteiger partial charge in [-0.3, -0.25) is 9.59 Å². The Morgan fingerprint density at radius 2 is 1.30 bits per heavy atom. The fourth-order valence-electron chi connectivity index (χ4n) is 0.176. The highest BCUT2D eigenvalue weighted by atomic mass is 35.5. The Labute approximate surface area is 66.9 Å². The minimum atomic E-state index is -0.706. The van der Waals surface area contributed by atoms with Crippen LogP contribution in [0.3, 0.4) is 0 Å². The fourth-order valence-corrected chi connectivity index (χ4v) is 0.265. The maximum atomic E-state index is 9.93. The van der Waals surface area contributed by atoms with E-state index in [0.717, 1.165) is 0 Å². The zero-order valence-corrected chi connectivity index (χ0v) is 6.31. The molecule has 10 heavy (non-hydrogen) atoms. The fraction of sp³-hybridized carbons (Fsp3) is 0.500. The van der Waals surface area contributed by atoms with Gasteiger partial charge in [0, 0.05) is 0 Å². The third-order valence-electron chi connectivity index (χ3n) is 0.428. The first-order chi connectivity index (χ1) is 4.63. The summed E-state index contributed by atoms with van der Waals surface area (Å²) < 4.78 is 0. The van der Waals surface area contributed by atoms with Crippen LogP contribution in [0.4, 0.5) is 0 Å². The summed E-state index contributed by atoms with van der Waals surface area (Å²) in [5.41, 5.74) is 0. The average Bonchev–Trinajstić information content (AvgIpc) is 1.79. The van der Waals surface area contributed by atoms with Gasteiger partial charge >= 0.3 is 0 Å². The molecule has 0 saturated carbocycles. The largest absolute Gasteiger partial charge is 0.279 e. The molecule has 0 aliphatic carbocycles. The minimum Gasteiger partial charge on any atom is -0.279 e. The topological polar surface area (TPSA) is 52.6 Å². The summed E-state index contributed by atoms with van der Waals surface area (Å²) in [4.78, 5) is 28.1. The Morgan fingerprint density at radius 3 is 1.50 bits per heavy atom. The summed E-state index contributed by atoms with van der Waals surface area (Å²) in [7, 11) is 0. The van der Waals surface area contributed by atoms with Crippen LogP contribution in [0.25, 0.3) is 0 Å². The molecule has 0 rings (SSSR count). The summed E-state index contributed by atoms with van der Waals surface area (Å²) in [5, 5.41) is -1.41. The molecule has 0 amide bonds.